The lowest BCUT2D eigenvalue weighted by Gasteiger charge is -1.99. The summed E-state index contributed by atoms with van der Waals surface area (Å²) < 4.78 is 0.885. The van der Waals surface area contributed by atoms with Gasteiger partial charge in [0.25, 0.3) is 0 Å². The molecule has 1 rings (SSSR count). The Balaban J connectivity index is 2.10. The molecule has 0 aliphatic heterocycles. The molecule has 0 unspecified atom stereocenters. The molecular formula is C8H9BrN2S2. The molecule has 0 bridgehead atoms. The molecule has 1 aromatic heterocycles. The Kier molecular flexibility index (Phi) is 5.28. The molecule has 0 atom stereocenters. The van der Waals surface area contributed by atoms with Crippen molar-refractivity contribution in [1.29, 1.82) is 0 Å². The van der Waals surface area contributed by atoms with Crippen LogP contribution in [-0.2, 0) is 0 Å². The molecule has 2 nitrogen and oxygen atoms in total. The molecule has 0 fully saturated rings. The molecular weight excluding hydrogens is 268 g/mol. The standard InChI is InChI=1S/C8H9BrN2S2/c1-2-4-12-5-3-10-8-11-7(9)6-13-8/h1,6H,3-5H2,(H,10,11). The molecule has 0 spiro atoms. The van der Waals surface area contributed by atoms with Gasteiger partial charge in [-0.1, -0.05) is 5.92 Å². The monoisotopic (exact) mass is 276 g/mol. The van der Waals surface area contributed by atoms with Crippen LogP contribution in [0.4, 0.5) is 5.13 Å². The second-order valence-corrected chi connectivity index (χ2v) is 4.93. The average Bonchev–Trinajstić information content (AvgIpc) is 2.51. The van der Waals surface area contributed by atoms with Crippen molar-refractivity contribution in [3.8, 4) is 12.3 Å². The molecule has 13 heavy (non-hydrogen) atoms. The Bertz CT molecular complexity index is 293. The van der Waals surface area contributed by atoms with Crippen LogP contribution in [0.2, 0.25) is 0 Å². The number of hydrogen-bond donors (Lipinski definition) is 1. The number of anilines is 1. The van der Waals surface area contributed by atoms with E-state index in [0.717, 1.165) is 27.8 Å². The predicted molar refractivity (Wildman–Crippen MR) is 64.5 cm³/mol. The molecule has 1 heterocycles. The number of nitrogens with zero attached hydrogens (tertiary/aromatic N) is 1. The van der Waals surface area contributed by atoms with E-state index in [4.69, 9.17) is 6.42 Å². The van der Waals surface area contributed by atoms with Crippen LogP contribution in [-0.4, -0.2) is 23.0 Å². The van der Waals surface area contributed by atoms with Gasteiger partial charge in [-0.2, -0.15) is 0 Å². The number of rotatable bonds is 5. The molecule has 0 saturated carbocycles. The molecule has 1 aromatic rings. The van der Waals surface area contributed by atoms with Gasteiger partial charge in [0, 0.05) is 17.7 Å². The highest BCUT2D eigenvalue weighted by molar-refractivity contribution is 9.10. The van der Waals surface area contributed by atoms with Crippen molar-refractivity contribution >= 4 is 44.2 Å². The molecule has 0 amide bonds. The van der Waals surface area contributed by atoms with Gasteiger partial charge in [0.15, 0.2) is 5.13 Å². The van der Waals surface area contributed by atoms with Gasteiger partial charge < -0.3 is 5.32 Å². The highest BCUT2D eigenvalue weighted by Gasteiger charge is 1.96. The summed E-state index contributed by atoms with van der Waals surface area (Å²) >= 11 is 6.63. The van der Waals surface area contributed by atoms with E-state index in [1.165, 1.54) is 0 Å². The van der Waals surface area contributed by atoms with Crippen LogP contribution < -0.4 is 5.32 Å². The van der Waals surface area contributed by atoms with E-state index < -0.39 is 0 Å². The first kappa shape index (κ1) is 10.9. The van der Waals surface area contributed by atoms with E-state index in [2.05, 4.69) is 32.2 Å². The highest BCUT2D eigenvalue weighted by atomic mass is 79.9. The maximum absolute atomic E-state index is 5.12. The first-order valence-electron chi connectivity index (χ1n) is 3.69. The first-order chi connectivity index (χ1) is 6.33. The maximum Gasteiger partial charge on any atom is 0.183 e. The van der Waals surface area contributed by atoms with E-state index in [9.17, 15) is 0 Å². The van der Waals surface area contributed by atoms with Crippen molar-refractivity contribution in [3.63, 3.8) is 0 Å². The molecule has 5 heteroatoms. The zero-order valence-electron chi connectivity index (χ0n) is 6.92. The van der Waals surface area contributed by atoms with Crippen LogP contribution in [0.15, 0.2) is 9.98 Å². The fourth-order valence-electron chi connectivity index (χ4n) is 0.697. The predicted octanol–water partition coefficient (Wildman–Crippen LogP) is 2.68. The van der Waals surface area contributed by atoms with E-state index in [-0.39, 0.29) is 0 Å². The maximum atomic E-state index is 5.12. The summed E-state index contributed by atoms with van der Waals surface area (Å²) in [5.74, 6) is 4.38. The summed E-state index contributed by atoms with van der Waals surface area (Å²) in [7, 11) is 0. The summed E-state index contributed by atoms with van der Waals surface area (Å²) in [5, 5.41) is 6.12. The van der Waals surface area contributed by atoms with Gasteiger partial charge >= 0.3 is 0 Å². The lowest BCUT2D eigenvalue weighted by Crippen LogP contribution is -2.03. The van der Waals surface area contributed by atoms with E-state index in [1.807, 2.05) is 5.38 Å². The van der Waals surface area contributed by atoms with Crippen molar-refractivity contribution in [2.45, 2.75) is 0 Å². The minimum absolute atomic E-state index is 0.781. The average molecular weight is 277 g/mol. The third kappa shape index (κ3) is 4.55. The van der Waals surface area contributed by atoms with Gasteiger partial charge in [0.2, 0.25) is 0 Å². The number of terminal acetylenes is 1. The summed E-state index contributed by atoms with van der Waals surface area (Å²) in [5.41, 5.74) is 0. The topological polar surface area (TPSA) is 24.9 Å². The number of thioether (sulfide) groups is 1. The number of hydrogen-bond acceptors (Lipinski definition) is 4. The quantitative estimate of drug-likeness (QED) is 0.661. The van der Waals surface area contributed by atoms with Gasteiger partial charge in [-0.05, 0) is 15.9 Å². The molecule has 0 aromatic carbocycles. The van der Waals surface area contributed by atoms with Gasteiger partial charge in [-0.25, -0.2) is 4.98 Å². The fraction of sp³-hybridized carbons (Fsp3) is 0.375. The second kappa shape index (κ2) is 6.30. The van der Waals surface area contributed by atoms with Gasteiger partial charge in [0.1, 0.15) is 4.60 Å². The molecule has 0 aliphatic carbocycles. The van der Waals surface area contributed by atoms with Crippen LogP contribution in [0.25, 0.3) is 0 Å². The number of aromatic nitrogens is 1. The fourth-order valence-corrected chi connectivity index (χ4v) is 2.38. The van der Waals surface area contributed by atoms with Crippen molar-refractivity contribution in [1.82, 2.24) is 4.98 Å². The summed E-state index contributed by atoms with van der Waals surface area (Å²) in [6, 6.07) is 0. The van der Waals surface area contributed by atoms with E-state index in [0.29, 0.717) is 0 Å². The first-order valence-corrected chi connectivity index (χ1v) is 6.52. The molecule has 1 N–H and O–H groups in total. The molecule has 70 valence electrons. The van der Waals surface area contributed by atoms with Crippen LogP contribution in [0.1, 0.15) is 0 Å². The van der Waals surface area contributed by atoms with Gasteiger partial charge in [-0.15, -0.1) is 29.5 Å². The normalized spacial score (nSPS) is 9.54. The molecule has 0 saturated heterocycles. The minimum atomic E-state index is 0.781. The highest BCUT2D eigenvalue weighted by Crippen LogP contribution is 2.19. The van der Waals surface area contributed by atoms with E-state index in [1.54, 1.807) is 23.1 Å². The van der Waals surface area contributed by atoms with Crippen molar-refractivity contribution in [2.75, 3.05) is 23.4 Å². The van der Waals surface area contributed by atoms with Crippen molar-refractivity contribution < 1.29 is 0 Å². The molecule has 0 radical (unpaired) electrons. The number of halogens is 1. The minimum Gasteiger partial charge on any atom is -0.361 e. The van der Waals surface area contributed by atoms with E-state index >= 15 is 0 Å². The van der Waals surface area contributed by atoms with Crippen molar-refractivity contribution in [3.05, 3.63) is 9.98 Å². The van der Waals surface area contributed by atoms with Gasteiger partial charge in [0.05, 0.1) is 5.75 Å². The van der Waals surface area contributed by atoms with Crippen molar-refractivity contribution in [2.24, 2.45) is 0 Å². The summed E-state index contributed by atoms with van der Waals surface area (Å²) in [6.07, 6.45) is 5.12. The Labute approximate surface area is 94.7 Å². The third-order valence-electron chi connectivity index (χ3n) is 1.18. The summed E-state index contributed by atoms with van der Waals surface area (Å²) in [6.45, 7) is 0.909. The number of nitrogens with one attached hydrogen (secondary N) is 1. The van der Waals surface area contributed by atoms with Crippen LogP contribution in [0.3, 0.4) is 0 Å². The van der Waals surface area contributed by atoms with Gasteiger partial charge in [-0.3, -0.25) is 0 Å². The van der Waals surface area contributed by atoms with Crippen LogP contribution >= 0.6 is 39.0 Å². The summed E-state index contributed by atoms with van der Waals surface area (Å²) in [4.78, 5) is 4.20. The van der Waals surface area contributed by atoms with Crippen LogP contribution in [0, 0.1) is 12.3 Å². The van der Waals surface area contributed by atoms with Crippen LogP contribution in [0.5, 0.6) is 0 Å². The molecule has 0 aliphatic rings. The Morgan fingerprint density at radius 1 is 1.77 bits per heavy atom. The lowest BCUT2D eigenvalue weighted by molar-refractivity contribution is 1.19. The second-order valence-electron chi connectivity index (χ2n) is 2.16. The number of thiazole rings is 1. The third-order valence-corrected chi connectivity index (χ3v) is 3.56. The largest absolute Gasteiger partial charge is 0.361 e. The Morgan fingerprint density at radius 2 is 2.62 bits per heavy atom. The zero-order chi connectivity index (χ0) is 9.52. The Hall–Kier alpha value is -0.180. The SMILES string of the molecule is C#CCSCCNc1nc(Br)cs1. The smallest absolute Gasteiger partial charge is 0.183 e. The Morgan fingerprint density at radius 3 is 3.23 bits per heavy atom. The zero-order valence-corrected chi connectivity index (χ0v) is 10.1. The lowest BCUT2D eigenvalue weighted by atomic mass is 10.7.